The first-order valence-electron chi connectivity index (χ1n) is 6.28. The second-order valence-corrected chi connectivity index (χ2v) is 4.92. The van der Waals surface area contributed by atoms with Crippen LogP contribution in [0.25, 0.3) is 0 Å². The zero-order valence-corrected chi connectivity index (χ0v) is 10.7. The van der Waals surface area contributed by atoms with Crippen LogP contribution < -0.4 is 11.1 Å². The van der Waals surface area contributed by atoms with E-state index in [0.717, 1.165) is 12.0 Å². The highest BCUT2D eigenvalue weighted by atomic mass is 16.1. The van der Waals surface area contributed by atoms with Gasteiger partial charge in [-0.3, -0.25) is 9.48 Å². The van der Waals surface area contributed by atoms with Crippen molar-refractivity contribution in [1.82, 2.24) is 15.1 Å². The Kier molecular flexibility index (Phi) is 2.83. The summed E-state index contributed by atoms with van der Waals surface area (Å²) in [5.41, 5.74) is 9.01. The molecule has 98 valence electrons. The topological polar surface area (TPSA) is 72.9 Å². The summed E-state index contributed by atoms with van der Waals surface area (Å²) < 4.78 is 1.61. The largest absolute Gasteiger partial charge is 0.344 e. The summed E-state index contributed by atoms with van der Waals surface area (Å²) in [6, 6.07) is 7.86. The van der Waals surface area contributed by atoms with Crippen molar-refractivity contribution in [3.8, 4) is 0 Å². The highest BCUT2D eigenvalue weighted by Crippen LogP contribution is 2.30. The van der Waals surface area contributed by atoms with E-state index in [4.69, 9.17) is 5.73 Å². The maximum atomic E-state index is 12.1. The number of carbonyl (C=O) groups excluding carboxylic acids is 1. The van der Waals surface area contributed by atoms with Gasteiger partial charge in [-0.1, -0.05) is 24.3 Å². The summed E-state index contributed by atoms with van der Waals surface area (Å²) in [6.45, 7) is 0. The second-order valence-electron chi connectivity index (χ2n) is 4.92. The van der Waals surface area contributed by atoms with E-state index < -0.39 is 0 Å². The SMILES string of the molecule is Cn1cc(C(=O)NC2c3ccccc3CC2N)cn1. The summed E-state index contributed by atoms with van der Waals surface area (Å²) in [5, 5.41) is 7.00. The van der Waals surface area contributed by atoms with Crippen LogP contribution in [0.4, 0.5) is 0 Å². The molecule has 2 aromatic rings. The molecule has 1 aromatic heterocycles. The third kappa shape index (κ3) is 2.13. The number of carbonyl (C=O) groups is 1. The van der Waals surface area contributed by atoms with Gasteiger partial charge in [0.15, 0.2) is 0 Å². The van der Waals surface area contributed by atoms with Gasteiger partial charge in [-0.05, 0) is 17.5 Å². The minimum absolute atomic E-state index is 0.0713. The van der Waals surface area contributed by atoms with Gasteiger partial charge in [-0.2, -0.15) is 5.10 Å². The van der Waals surface area contributed by atoms with E-state index in [0.29, 0.717) is 5.56 Å². The zero-order valence-electron chi connectivity index (χ0n) is 10.7. The normalized spacial score (nSPS) is 21.2. The highest BCUT2D eigenvalue weighted by molar-refractivity contribution is 5.94. The lowest BCUT2D eigenvalue weighted by Crippen LogP contribution is -2.38. The fraction of sp³-hybridized carbons (Fsp3) is 0.286. The van der Waals surface area contributed by atoms with Crippen LogP contribution >= 0.6 is 0 Å². The molecule has 1 aliphatic carbocycles. The van der Waals surface area contributed by atoms with E-state index in [2.05, 4.69) is 16.5 Å². The van der Waals surface area contributed by atoms with E-state index in [1.807, 2.05) is 18.2 Å². The number of hydrogen-bond donors (Lipinski definition) is 2. The molecule has 0 radical (unpaired) electrons. The molecule has 0 fully saturated rings. The standard InChI is InChI=1S/C14H16N4O/c1-18-8-10(7-16-18)14(19)17-13-11-5-3-2-4-9(11)6-12(13)15/h2-5,7-8,12-13H,6,15H2,1H3,(H,17,19). The Morgan fingerprint density at radius 2 is 2.26 bits per heavy atom. The number of benzene rings is 1. The fourth-order valence-electron chi connectivity index (χ4n) is 2.57. The van der Waals surface area contributed by atoms with Crippen molar-refractivity contribution in [3.05, 3.63) is 53.3 Å². The molecule has 0 saturated heterocycles. The van der Waals surface area contributed by atoms with Gasteiger partial charge in [0.25, 0.3) is 5.91 Å². The van der Waals surface area contributed by atoms with E-state index in [-0.39, 0.29) is 18.0 Å². The van der Waals surface area contributed by atoms with Gasteiger partial charge in [0.2, 0.25) is 0 Å². The zero-order chi connectivity index (χ0) is 13.4. The summed E-state index contributed by atoms with van der Waals surface area (Å²) in [7, 11) is 1.79. The van der Waals surface area contributed by atoms with Crippen molar-refractivity contribution in [3.63, 3.8) is 0 Å². The number of hydrogen-bond acceptors (Lipinski definition) is 3. The Labute approximate surface area is 111 Å². The van der Waals surface area contributed by atoms with Gasteiger partial charge in [0, 0.05) is 19.3 Å². The second kappa shape index (κ2) is 4.51. The summed E-state index contributed by atoms with van der Waals surface area (Å²) in [5.74, 6) is -0.134. The molecule has 5 nitrogen and oxygen atoms in total. The molecule has 1 aromatic carbocycles. The Morgan fingerprint density at radius 3 is 3.00 bits per heavy atom. The molecule has 19 heavy (non-hydrogen) atoms. The van der Waals surface area contributed by atoms with Gasteiger partial charge in [0.1, 0.15) is 0 Å². The van der Waals surface area contributed by atoms with E-state index >= 15 is 0 Å². The van der Waals surface area contributed by atoms with Crippen molar-refractivity contribution in [2.75, 3.05) is 0 Å². The Hall–Kier alpha value is -2.14. The third-order valence-electron chi connectivity index (χ3n) is 3.53. The van der Waals surface area contributed by atoms with Crippen molar-refractivity contribution in [2.24, 2.45) is 12.8 Å². The lowest BCUT2D eigenvalue weighted by atomic mass is 10.1. The van der Waals surface area contributed by atoms with E-state index in [1.54, 1.807) is 24.1 Å². The number of nitrogens with zero attached hydrogens (tertiary/aromatic N) is 2. The first-order valence-corrected chi connectivity index (χ1v) is 6.28. The van der Waals surface area contributed by atoms with Gasteiger partial charge in [0.05, 0.1) is 17.8 Å². The molecule has 1 aliphatic rings. The predicted octanol–water partition coefficient (Wildman–Crippen LogP) is 0.775. The first kappa shape index (κ1) is 11.9. The minimum atomic E-state index is -0.134. The number of nitrogens with one attached hydrogen (secondary N) is 1. The fourth-order valence-corrected chi connectivity index (χ4v) is 2.57. The minimum Gasteiger partial charge on any atom is -0.344 e. The Balaban J connectivity index is 1.82. The van der Waals surface area contributed by atoms with Crippen molar-refractivity contribution in [2.45, 2.75) is 18.5 Å². The molecule has 2 unspecified atom stereocenters. The van der Waals surface area contributed by atoms with Crippen molar-refractivity contribution in [1.29, 1.82) is 0 Å². The quantitative estimate of drug-likeness (QED) is 0.833. The van der Waals surface area contributed by atoms with E-state index in [1.165, 1.54) is 5.56 Å². The summed E-state index contributed by atoms with van der Waals surface area (Å²) in [6.07, 6.45) is 4.05. The molecule has 5 heteroatoms. The molecule has 3 N–H and O–H groups in total. The average molecular weight is 256 g/mol. The number of nitrogens with two attached hydrogens (primary N) is 1. The molecule has 2 atom stereocenters. The van der Waals surface area contributed by atoms with Crippen LogP contribution in [0.5, 0.6) is 0 Å². The number of amides is 1. The highest BCUT2D eigenvalue weighted by Gasteiger charge is 2.31. The molecule has 0 bridgehead atoms. The number of aryl methyl sites for hydroxylation is 1. The molecule has 1 heterocycles. The Bertz CT molecular complexity index is 619. The molecule has 0 aliphatic heterocycles. The van der Waals surface area contributed by atoms with Crippen LogP contribution in [0, 0.1) is 0 Å². The molecule has 0 saturated carbocycles. The van der Waals surface area contributed by atoms with Crippen LogP contribution in [0.3, 0.4) is 0 Å². The van der Waals surface area contributed by atoms with Crippen LogP contribution in [0.2, 0.25) is 0 Å². The van der Waals surface area contributed by atoms with Gasteiger partial charge in [-0.15, -0.1) is 0 Å². The summed E-state index contributed by atoms with van der Waals surface area (Å²) >= 11 is 0. The van der Waals surface area contributed by atoms with E-state index in [9.17, 15) is 4.79 Å². The maximum Gasteiger partial charge on any atom is 0.255 e. The lowest BCUT2D eigenvalue weighted by Gasteiger charge is -2.18. The van der Waals surface area contributed by atoms with Crippen LogP contribution in [0.15, 0.2) is 36.7 Å². The lowest BCUT2D eigenvalue weighted by molar-refractivity contribution is 0.0933. The molecular formula is C14H16N4O. The van der Waals surface area contributed by atoms with Crippen molar-refractivity contribution < 1.29 is 4.79 Å². The smallest absolute Gasteiger partial charge is 0.255 e. The number of fused-ring (bicyclic) bond motifs is 1. The van der Waals surface area contributed by atoms with Crippen LogP contribution in [-0.2, 0) is 13.5 Å². The predicted molar refractivity (Wildman–Crippen MR) is 71.5 cm³/mol. The summed E-state index contributed by atoms with van der Waals surface area (Å²) in [4.78, 5) is 12.1. The average Bonchev–Trinajstić information content (AvgIpc) is 2.95. The monoisotopic (exact) mass is 256 g/mol. The first-order chi connectivity index (χ1) is 9.15. The Morgan fingerprint density at radius 1 is 1.47 bits per heavy atom. The van der Waals surface area contributed by atoms with Crippen LogP contribution in [0.1, 0.15) is 27.5 Å². The molecular weight excluding hydrogens is 240 g/mol. The molecule has 1 amide bonds. The maximum absolute atomic E-state index is 12.1. The molecule has 0 spiro atoms. The van der Waals surface area contributed by atoms with Gasteiger partial charge < -0.3 is 11.1 Å². The van der Waals surface area contributed by atoms with Crippen LogP contribution in [-0.4, -0.2) is 21.7 Å². The number of aromatic nitrogens is 2. The van der Waals surface area contributed by atoms with Gasteiger partial charge >= 0.3 is 0 Å². The van der Waals surface area contributed by atoms with Crippen molar-refractivity contribution >= 4 is 5.91 Å². The third-order valence-corrected chi connectivity index (χ3v) is 3.53. The van der Waals surface area contributed by atoms with Gasteiger partial charge in [-0.25, -0.2) is 0 Å². The number of rotatable bonds is 2. The molecule has 3 rings (SSSR count).